The number of hydrogen-bond donors (Lipinski definition) is 2. The SMILES string of the molecule is CN(CCCNC(=O)C1CCNC1)c1ccccc1F.Cl.Cl. The molecule has 0 aliphatic carbocycles. The van der Waals surface area contributed by atoms with Gasteiger partial charge in [0.15, 0.2) is 0 Å². The molecule has 1 saturated heterocycles. The number of anilines is 1. The van der Waals surface area contributed by atoms with Crippen LogP contribution in [0.3, 0.4) is 0 Å². The van der Waals surface area contributed by atoms with E-state index in [2.05, 4.69) is 10.6 Å². The molecule has 0 aromatic heterocycles. The Balaban J connectivity index is 0.00000220. The molecule has 126 valence electrons. The van der Waals surface area contributed by atoms with Gasteiger partial charge in [-0.1, -0.05) is 12.1 Å². The van der Waals surface area contributed by atoms with Crippen molar-refractivity contribution >= 4 is 36.4 Å². The Morgan fingerprint density at radius 1 is 1.41 bits per heavy atom. The third-order valence-electron chi connectivity index (χ3n) is 3.66. The molecular formula is C15H24Cl2FN3O. The van der Waals surface area contributed by atoms with E-state index in [1.807, 2.05) is 18.0 Å². The van der Waals surface area contributed by atoms with Crippen molar-refractivity contribution in [1.82, 2.24) is 10.6 Å². The summed E-state index contributed by atoms with van der Waals surface area (Å²) in [7, 11) is 1.86. The Morgan fingerprint density at radius 2 is 2.14 bits per heavy atom. The molecule has 22 heavy (non-hydrogen) atoms. The van der Waals surface area contributed by atoms with Crippen LogP contribution in [0.15, 0.2) is 24.3 Å². The fraction of sp³-hybridized carbons (Fsp3) is 0.533. The highest BCUT2D eigenvalue weighted by Gasteiger charge is 2.21. The molecule has 1 amide bonds. The number of amides is 1. The molecule has 1 aliphatic rings. The van der Waals surface area contributed by atoms with E-state index in [-0.39, 0.29) is 42.5 Å². The first-order valence-electron chi connectivity index (χ1n) is 7.12. The van der Waals surface area contributed by atoms with E-state index in [0.717, 1.165) is 25.9 Å². The Labute approximate surface area is 143 Å². The quantitative estimate of drug-likeness (QED) is 0.772. The lowest BCUT2D eigenvalue weighted by Gasteiger charge is -2.20. The van der Waals surface area contributed by atoms with Crippen LogP contribution in [0.2, 0.25) is 0 Å². The van der Waals surface area contributed by atoms with Crippen molar-refractivity contribution in [2.45, 2.75) is 12.8 Å². The number of halogens is 3. The Kier molecular flexibility index (Phi) is 10.1. The first-order chi connectivity index (χ1) is 9.68. The second-order valence-corrected chi connectivity index (χ2v) is 5.21. The molecule has 0 saturated carbocycles. The lowest BCUT2D eigenvalue weighted by molar-refractivity contribution is -0.124. The van der Waals surface area contributed by atoms with Gasteiger partial charge < -0.3 is 15.5 Å². The number of hydrogen-bond acceptors (Lipinski definition) is 3. The molecule has 2 rings (SSSR count). The molecule has 0 bridgehead atoms. The molecule has 1 fully saturated rings. The summed E-state index contributed by atoms with van der Waals surface area (Å²) in [4.78, 5) is 13.7. The molecule has 1 atom stereocenters. The largest absolute Gasteiger partial charge is 0.372 e. The monoisotopic (exact) mass is 351 g/mol. The minimum atomic E-state index is -0.212. The zero-order valence-electron chi connectivity index (χ0n) is 12.7. The fourth-order valence-corrected chi connectivity index (χ4v) is 2.43. The summed E-state index contributed by atoms with van der Waals surface area (Å²) in [6.45, 7) is 3.05. The molecule has 7 heteroatoms. The van der Waals surface area contributed by atoms with Crippen LogP contribution in [-0.4, -0.2) is 39.1 Å². The summed E-state index contributed by atoms with van der Waals surface area (Å²) in [5.41, 5.74) is 0.596. The fourth-order valence-electron chi connectivity index (χ4n) is 2.43. The van der Waals surface area contributed by atoms with Crippen molar-refractivity contribution < 1.29 is 9.18 Å². The zero-order chi connectivity index (χ0) is 14.4. The van der Waals surface area contributed by atoms with Gasteiger partial charge in [-0.25, -0.2) is 4.39 Å². The van der Waals surface area contributed by atoms with E-state index in [4.69, 9.17) is 0 Å². The van der Waals surface area contributed by atoms with Crippen LogP contribution in [0.1, 0.15) is 12.8 Å². The molecule has 0 spiro atoms. The van der Waals surface area contributed by atoms with Gasteiger partial charge in [0, 0.05) is 26.7 Å². The second-order valence-electron chi connectivity index (χ2n) is 5.21. The van der Waals surface area contributed by atoms with E-state index in [1.54, 1.807) is 12.1 Å². The predicted octanol–water partition coefficient (Wildman–Crippen LogP) is 2.22. The first-order valence-corrected chi connectivity index (χ1v) is 7.12. The van der Waals surface area contributed by atoms with Crippen LogP contribution in [0.25, 0.3) is 0 Å². The molecular weight excluding hydrogens is 328 g/mol. The van der Waals surface area contributed by atoms with Crippen LogP contribution >= 0.6 is 24.8 Å². The van der Waals surface area contributed by atoms with Crippen molar-refractivity contribution in [3.05, 3.63) is 30.1 Å². The Morgan fingerprint density at radius 3 is 2.77 bits per heavy atom. The lowest BCUT2D eigenvalue weighted by atomic mass is 10.1. The van der Waals surface area contributed by atoms with E-state index in [1.165, 1.54) is 6.07 Å². The summed E-state index contributed by atoms with van der Waals surface area (Å²) in [5, 5.41) is 6.13. The summed E-state index contributed by atoms with van der Waals surface area (Å²) < 4.78 is 13.6. The topological polar surface area (TPSA) is 44.4 Å². The lowest BCUT2D eigenvalue weighted by Crippen LogP contribution is -2.34. The molecule has 0 radical (unpaired) electrons. The Hall–Kier alpha value is -1.04. The highest BCUT2D eigenvalue weighted by Crippen LogP contribution is 2.16. The molecule has 2 N–H and O–H groups in total. The maximum atomic E-state index is 13.6. The molecule has 4 nitrogen and oxygen atoms in total. The van der Waals surface area contributed by atoms with Gasteiger partial charge in [0.1, 0.15) is 5.82 Å². The van der Waals surface area contributed by atoms with Gasteiger partial charge in [-0.05, 0) is 31.5 Å². The predicted molar refractivity (Wildman–Crippen MR) is 92.8 cm³/mol. The van der Waals surface area contributed by atoms with Crippen LogP contribution in [0.5, 0.6) is 0 Å². The number of para-hydroxylation sites is 1. The second kappa shape index (κ2) is 10.6. The van der Waals surface area contributed by atoms with Gasteiger partial charge >= 0.3 is 0 Å². The number of carbonyl (C=O) groups excluding carboxylic acids is 1. The molecule has 1 aromatic rings. The number of rotatable bonds is 6. The first kappa shape index (κ1) is 21.0. The molecule has 1 aliphatic heterocycles. The molecule has 1 heterocycles. The van der Waals surface area contributed by atoms with Gasteiger partial charge in [-0.2, -0.15) is 0 Å². The summed E-state index contributed by atoms with van der Waals surface area (Å²) in [6.07, 6.45) is 1.72. The van der Waals surface area contributed by atoms with Gasteiger partial charge in [-0.3, -0.25) is 4.79 Å². The summed E-state index contributed by atoms with van der Waals surface area (Å²) in [6, 6.07) is 6.73. The maximum absolute atomic E-state index is 13.6. The minimum Gasteiger partial charge on any atom is -0.372 e. The average Bonchev–Trinajstić information content (AvgIpc) is 2.98. The van der Waals surface area contributed by atoms with Gasteiger partial charge in [0.2, 0.25) is 5.91 Å². The van der Waals surface area contributed by atoms with Crippen molar-refractivity contribution in [1.29, 1.82) is 0 Å². The number of benzene rings is 1. The highest BCUT2D eigenvalue weighted by atomic mass is 35.5. The van der Waals surface area contributed by atoms with Crippen LogP contribution in [0, 0.1) is 11.7 Å². The standard InChI is InChI=1S/C15H22FN3O.2ClH/c1-19(14-6-3-2-5-13(14)16)10-4-8-18-15(20)12-7-9-17-11-12;;/h2-3,5-6,12,17H,4,7-11H2,1H3,(H,18,20);2*1H. The van der Waals surface area contributed by atoms with Crippen LogP contribution < -0.4 is 15.5 Å². The van der Waals surface area contributed by atoms with Crippen molar-refractivity contribution in [3.8, 4) is 0 Å². The number of nitrogens with one attached hydrogen (secondary N) is 2. The number of carbonyl (C=O) groups is 1. The third kappa shape index (κ3) is 5.99. The molecule has 1 aromatic carbocycles. The zero-order valence-corrected chi connectivity index (χ0v) is 14.3. The normalized spacial score (nSPS) is 16.4. The Bertz CT molecular complexity index is 456. The summed E-state index contributed by atoms with van der Waals surface area (Å²) >= 11 is 0. The van der Waals surface area contributed by atoms with Crippen LogP contribution in [-0.2, 0) is 4.79 Å². The number of nitrogens with zero attached hydrogens (tertiary/aromatic N) is 1. The van der Waals surface area contributed by atoms with Crippen LogP contribution in [0.4, 0.5) is 10.1 Å². The summed E-state index contributed by atoms with van der Waals surface area (Å²) in [5.74, 6) is 0.0268. The smallest absolute Gasteiger partial charge is 0.224 e. The van der Waals surface area contributed by atoms with Gasteiger partial charge in [0.25, 0.3) is 0 Å². The van der Waals surface area contributed by atoms with Gasteiger partial charge in [0.05, 0.1) is 11.6 Å². The van der Waals surface area contributed by atoms with E-state index in [0.29, 0.717) is 18.8 Å². The minimum absolute atomic E-state index is 0. The van der Waals surface area contributed by atoms with Crippen molar-refractivity contribution in [2.24, 2.45) is 5.92 Å². The maximum Gasteiger partial charge on any atom is 0.224 e. The van der Waals surface area contributed by atoms with Crippen molar-refractivity contribution in [3.63, 3.8) is 0 Å². The molecule has 1 unspecified atom stereocenters. The van der Waals surface area contributed by atoms with Gasteiger partial charge in [-0.15, -0.1) is 24.8 Å². The van der Waals surface area contributed by atoms with Crippen molar-refractivity contribution in [2.75, 3.05) is 38.1 Å². The van der Waals surface area contributed by atoms with E-state index in [9.17, 15) is 9.18 Å². The highest BCUT2D eigenvalue weighted by molar-refractivity contribution is 5.85. The average molecular weight is 352 g/mol. The van der Waals surface area contributed by atoms with E-state index >= 15 is 0 Å². The van der Waals surface area contributed by atoms with E-state index < -0.39 is 0 Å². The third-order valence-corrected chi connectivity index (χ3v) is 3.66.